The summed E-state index contributed by atoms with van der Waals surface area (Å²) in [4.78, 5) is 12.3. The molecule has 3 N–H and O–H groups in total. The normalized spacial score (nSPS) is 12.1. The van der Waals surface area contributed by atoms with Crippen LogP contribution in [0.25, 0.3) is 11.0 Å². The van der Waals surface area contributed by atoms with Crippen molar-refractivity contribution in [1.29, 1.82) is 0 Å². The van der Waals surface area contributed by atoms with Crippen molar-refractivity contribution < 1.29 is 13.9 Å². The number of hydrogen-bond donors (Lipinski definition) is 2. The van der Waals surface area contributed by atoms with E-state index in [0.717, 1.165) is 33.6 Å². The van der Waals surface area contributed by atoms with E-state index in [4.69, 9.17) is 14.9 Å². The second-order valence-electron chi connectivity index (χ2n) is 6.16. The number of rotatable bonds is 5. The molecule has 1 atom stereocenters. The van der Waals surface area contributed by atoms with E-state index >= 15 is 0 Å². The molecule has 3 aromatic rings. The first kappa shape index (κ1) is 16.9. The van der Waals surface area contributed by atoms with Crippen LogP contribution in [0, 0.1) is 6.92 Å². The van der Waals surface area contributed by atoms with Gasteiger partial charge in [0, 0.05) is 16.6 Å². The molecule has 0 bridgehead atoms. The monoisotopic (exact) mass is 338 g/mol. The molecule has 2 aromatic carbocycles. The highest BCUT2D eigenvalue weighted by molar-refractivity contribution is 5.84. The number of amides is 1. The molecule has 1 aromatic heterocycles. The minimum atomic E-state index is -0.223. The Morgan fingerprint density at radius 2 is 1.96 bits per heavy atom. The van der Waals surface area contributed by atoms with Gasteiger partial charge in [-0.2, -0.15) is 0 Å². The van der Waals surface area contributed by atoms with Crippen LogP contribution in [0.2, 0.25) is 0 Å². The zero-order chi connectivity index (χ0) is 18.0. The number of nitrogens with two attached hydrogens (primary N) is 1. The van der Waals surface area contributed by atoms with E-state index in [1.165, 1.54) is 0 Å². The lowest BCUT2D eigenvalue weighted by molar-refractivity contribution is -0.121. The number of nitrogen functional groups attached to an aromatic ring is 1. The highest BCUT2D eigenvalue weighted by Crippen LogP contribution is 2.31. The summed E-state index contributed by atoms with van der Waals surface area (Å²) in [5.74, 6) is 1.48. The number of fused-ring (bicyclic) bond motifs is 1. The Morgan fingerprint density at radius 1 is 1.24 bits per heavy atom. The van der Waals surface area contributed by atoms with Gasteiger partial charge in [0.05, 0.1) is 19.6 Å². The molecule has 1 unspecified atom stereocenters. The van der Waals surface area contributed by atoms with Crippen LogP contribution in [0.3, 0.4) is 0 Å². The molecule has 0 saturated carbocycles. The smallest absolute Gasteiger partial charge is 0.224 e. The number of benzene rings is 2. The number of furan rings is 1. The number of anilines is 1. The van der Waals surface area contributed by atoms with Crippen molar-refractivity contribution in [3.05, 3.63) is 59.4 Å². The van der Waals surface area contributed by atoms with Gasteiger partial charge in [-0.3, -0.25) is 4.79 Å². The van der Waals surface area contributed by atoms with Gasteiger partial charge < -0.3 is 20.2 Å². The molecule has 0 spiro atoms. The zero-order valence-corrected chi connectivity index (χ0v) is 14.6. The van der Waals surface area contributed by atoms with Crippen molar-refractivity contribution in [3.63, 3.8) is 0 Å². The highest BCUT2D eigenvalue weighted by Gasteiger charge is 2.19. The van der Waals surface area contributed by atoms with Gasteiger partial charge in [-0.05, 0) is 49.7 Å². The molecule has 0 aliphatic rings. The summed E-state index contributed by atoms with van der Waals surface area (Å²) in [7, 11) is 1.64. The fourth-order valence-electron chi connectivity index (χ4n) is 2.94. The Bertz CT molecular complexity index is 897. The van der Waals surface area contributed by atoms with Crippen LogP contribution in [0.5, 0.6) is 5.75 Å². The predicted octanol–water partition coefficient (Wildman–Crippen LogP) is 3.75. The second-order valence-corrected chi connectivity index (χ2v) is 6.16. The zero-order valence-electron chi connectivity index (χ0n) is 14.6. The third kappa shape index (κ3) is 3.60. The Balaban J connectivity index is 1.75. The lowest BCUT2D eigenvalue weighted by atomic mass is 10.1. The number of ether oxygens (including phenoxy) is 1. The molecule has 0 aliphatic carbocycles. The van der Waals surface area contributed by atoms with Crippen LogP contribution in [-0.4, -0.2) is 13.0 Å². The van der Waals surface area contributed by atoms with Crippen molar-refractivity contribution in [3.8, 4) is 5.75 Å². The Kier molecular flexibility index (Phi) is 4.65. The van der Waals surface area contributed by atoms with Crippen molar-refractivity contribution in [2.75, 3.05) is 12.8 Å². The average Bonchev–Trinajstić information content (AvgIpc) is 2.93. The van der Waals surface area contributed by atoms with Gasteiger partial charge in [-0.25, -0.2) is 0 Å². The summed E-state index contributed by atoms with van der Waals surface area (Å²) < 4.78 is 11.2. The summed E-state index contributed by atoms with van der Waals surface area (Å²) >= 11 is 0. The van der Waals surface area contributed by atoms with E-state index in [-0.39, 0.29) is 11.9 Å². The third-order valence-corrected chi connectivity index (χ3v) is 4.30. The van der Waals surface area contributed by atoms with E-state index in [9.17, 15) is 4.79 Å². The minimum absolute atomic E-state index is 0.0605. The summed E-state index contributed by atoms with van der Waals surface area (Å²) in [6.45, 7) is 3.91. The Hall–Kier alpha value is -2.95. The first-order valence-corrected chi connectivity index (χ1v) is 8.18. The second kappa shape index (κ2) is 6.89. The van der Waals surface area contributed by atoms with Crippen LogP contribution < -0.4 is 15.8 Å². The number of nitrogens with one attached hydrogen (secondary N) is 1. The fraction of sp³-hybridized carbons (Fsp3) is 0.250. The maximum atomic E-state index is 12.3. The fourth-order valence-corrected chi connectivity index (χ4v) is 2.94. The van der Waals surface area contributed by atoms with E-state index < -0.39 is 0 Å². The largest absolute Gasteiger partial charge is 0.497 e. The van der Waals surface area contributed by atoms with Crippen LogP contribution in [0.15, 0.2) is 46.9 Å². The van der Waals surface area contributed by atoms with E-state index in [1.807, 2.05) is 44.2 Å². The van der Waals surface area contributed by atoms with Gasteiger partial charge in [0.2, 0.25) is 5.91 Å². The molecule has 1 amide bonds. The summed E-state index contributed by atoms with van der Waals surface area (Å²) in [6, 6.07) is 12.8. The minimum Gasteiger partial charge on any atom is -0.497 e. The summed E-state index contributed by atoms with van der Waals surface area (Å²) in [5.41, 5.74) is 9.07. The Labute approximate surface area is 146 Å². The summed E-state index contributed by atoms with van der Waals surface area (Å²) in [6.07, 6.45) is 0.303. The average molecular weight is 338 g/mol. The van der Waals surface area contributed by atoms with Crippen molar-refractivity contribution in [1.82, 2.24) is 5.32 Å². The first-order valence-electron chi connectivity index (χ1n) is 8.18. The van der Waals surface area contributed by atoms with Crippen molar-refractivity contribution >= 4 is 22.6 Å². The third-order valence-electron chi connectivity index (χ3n) is 4.30. The van der Waals surface area contributed by atoms with Gasteiger partial charge >= 0.3 is 0 Å². The number of aryl methyl sites for hydroxylation is 1. The molecular formula is C20H22N2O3. The predicted molar refractivity (Wildman–Crippen MR) is 98.6 cm³/mol. The van der Waals surface area contributed by atoms with Crippen LogP contribution in [0.4, 0.5) is 5.69 Å². The van der Waals surface area contributed by atoms with Gasteiger partial charge in [-0.15, -0.1) is 0 Å². The van der Waals surface area contributed by atoms with Crippen LogP contribution in [0.1, 0.15) is 29.9 Å². The SMILES string of the molecule is COc1ccc2oc(C(C)NC(=O)Cc3ccc(N)cc3)c(C)c2c1. The molecule has 25 heavy (non-hydrogen) atoms. The number of methoxy groups -OCH3 is 1. The number of carbonyl (C=O) groups is 1. The van der Waals surface area contributed by atoms with Crippen molar-refractivity contribution in [2.24, 2.45) is 0 Å². The van der Waals surface area contributed by atoms with E-state index in [2.05, 4.69) is 5.32 Å². The molecule has 1 heterocycles. The van der Waals surface area contributed by atoms with E-state index in [1.54, 1.807) is 19.2 Å². The highest BCUT2D eigenvalue weighted by atomic mass is 16.5. The maximum Gasteiger partial charge on any atom is 0.224 e. The standard InChI is InChI=1S/C20H22N2O3/c1-12-17-11-16(24-3)8-9-18(17)25-20(12)13(2)22-19(23)10-14-4-6-15(21)7-5-14/h4-9,11,13H,10,21H2,1-3H3,(H,22,23). The first-order chi connectivity index (χ1) is 12.0. The quantitative estimate of drug-likeness (QED) is 0.695. The van der Waals surface area contributed by atoms with Gasteiger partial charge in [0.1, 0.15) is 17.1 Å². The molecule has 5 heteroatoms. The topological polar surface area (TPSA) is 77.5 Å². The number of hydrogen-bond acceptors (Lipinski definition) is 4. The lowest BCUT2D eigenvalue weighted by Crippen LogP contribution is -2.28. The van der Waals surface area contributed by atoms with Crippen LogP contribution in [-0.2, 0) is 11.2 Å². The van der Waals surface area contributed by atoms with Gasteiger partial charge in [-0.1, -0.05) is 12.1 Å². The molecule has 0 aliphatic heterocycles. The summed E-state index contributed by atoms with van der Waals surface area (Å²) in [5, 5.41) is 3.99. The Morgan fingerprint density at radius 3 is 2.64 bits per heavy atom. The maximum absolute atomic E-state index is 12.3. The molecule has 130 valence electrons. The molecule has 5 nitrogen and oxygen atoms in total. The molecule has 0 saturated heterocycles. The molecule has 0 radical (unpaired) electrons. The lowest BCUT2D eigenvalue weighted by Gasteiger charge is -2.12. The van der Waals surface area contributed by atoms with Gasteiger partial charge in [0.15, 0.2) is 0 Å². The van der Waals surface area contributed by atoms with Crippen molar-refractivity contribution in [2.45, 2.75) is 26.3 Å². The van der Waals surface area contributed by atoms with Crippen LogP contribution >= 0.6 is 0 Å². The van der Waals surface area contributed by atoms with E-state index in [0.29, 0.717) is 12.1 Å². The molecular weight excluding hydrogens is 316 g/mol. The molecule has 0 fully saturated rings. The van der Waals surface area contributed by atoms with Gasteiger partial charge in [0.25, 0.3) is 0 Å². The molecule has 3 rings (SSSR count). The number of carbonyl (C=O) groups excluding carboxylic acids is 1.